The minimum absolute atomic E-state index is 0.0492. The van der Waals surface area contributed by atoms with Gasteiger partial charge in [-0.05, 0) is 36.6 Å². The number of hydrogen-bond donors (Lipinski definition) is 1. The van der Waals surface area contributed by atoms with Crippen LogP contribution in [0, 0.1) is 5.92 Å². The summed E-state index contributed by atoms with van der Waals surface area (Å²) in [7, 11) is 0. The van der Waals surface area contributed by atoms with Gasteiger partial charge in [0.1, 0.15) is 5.75 Å². The lowest BCUT2D eigenvalue weighted by molar-refractivity contribution is -0.134. The van der Waals surface area contributed by atoms with Gasteiger partial charge in [-0.2, -0.15) is 0 Å². The molecule has 1 unspecified atom stereocenters. The maximum atomic E-state index is 12.6. The number of rotatable bonds is 4. The van der Waals surface area contributed by atoms with E-state index in [0.717, 1.165) is 49.4 Å². The highest BCUT2D eigenvalue weighted by Crippen LogP contribution is 2.32. The van der Waals surface area contributed by atoms with Crippen molar-refractivity contribution in [3.05, 3.63) is 29.1 Å². The molecule has 6 nitrogen and oxygen atoms in total. The predicted molar refractivity (Wildman–Crippen MR) is 105 cm³/mol. The van der Waals surface area contributed by atoms with Crippen LogP contribution in [0.15, 0.2) is 23.6 Å². The Morgan fingerprint density at radius 1 is 1.41 bits per heavy atom. The second kappa shape index (κ2) is 7.68. The highest BCUT2D eigenvalue weighted by molar-refractivity contribution is 7.14. The topological polar surface area (TPSA) is 71.5 Å². The largest absolute Gasteiger partial charge is 0.493 e. The van der Waals surface area contributed by atoms with Crippen molar-refractivity contribution in [1.29, 1.82) is 0 Å². The van der Waals surface area contributed by atoms with Crippen LogP contribution >= 0.6 is 11.3 Å². The molecule has 1 atom stereocenters. The Hall–Kier alpha value is -2.41. The van der Waals surface area contributed by atoms with Gasteiger partial charge >= 0.3 is 0 Å². The molecule has 27 heavy (non-hydrogen) atoms. The Balaban J connectivity index is 1.42. The predicted octanol–water partition coefficient (Wildman–Crippen LogP) is 3.33. The van der Waals surface area contributed by atoms with E-state index >= 15 is 0 Å². The van der Waals surface area contributed by atoms with E-state index in [9.17, 15) is 9.59 Å². The number of carbonyl (C=O) groups excluding carboxylic acids is 2. The maximum absolute atomic E-state index is 12.6. The van der Waals surface area contributed by atoms with Gasteiger partial charge in [0.05, 0.1) is 18.2 Å². The molecule has 2 amide bonds. The molecule has 4 rings (SSSR count). The molecule has 0 aliphatic carbocycles. The van der Waals surface area contributed by atoms with Crippen LogP contribution in [0.3, 0.4) is 0 Å². The van der Waals surface area contributed by atoms with Crippen molar-refractivity contribution in [3.63, 3.8) is 0 Å². The van der Waals surface area contributed by atoms with Gasteiger partial charge in [-0.15, -0.1) is 11.3 Å². The van der Waals surface area contributed by atoms with Crippen LogP contribution in [0.2, 0.25) is 0 Å². The summed E-state index contributed by atoms with van der Waals surface area (Å²) < 4.78 is 5.55. The second-order valence-electron chi connectivity index (χ2n) is 6.98. The molecule has 0 spiro atoms. The molecule has 1 aromatic heterocycles. The molecule has 1 fully saturated rings. The van der Waals surface area contributed by atoms with Gasteiger partial charge in [0, 0.05) is 36.9 Å². The van der Waals surface area contributed by atoms with Crippen molar-refractivity contribution >= 4 is 28.3 Å². The summed E-state index contributed by atoms with van der Waals surface area (Å²) in [6.45, 7) is 3.84. The van der Waals surface area contributed by atoms with Gasteiger partial charge in [-0.3, -0.25) is 9.59 Å². The second-order valence-corrected chi connectivity index (χ2v) is 7.84. The average molecular weight is 385 g/mol. The van der Waals surface area contributed by atoms with Crippen molar-refractivity contribution in [1.82, 2.24) is 9.88 Å². The average Bonchev–Trinajstić information content (AvgIpc) is 3.36. The molecule has 0 saturated carbocycles. The first kappa shape index (κ1) is 18.0. The molecule has 1 aromatic carbocycles. The Bertz CT molecular complexity index is 864. The highest BCUT2D eigenvalue weighted by atomic mass is 32.1. The van der Waals surface area contributed by atoms with Crippen LogP contribution in [0.25, 0.3) is 11.3 Å². The molecular formula is C20H23N3O3S. The normalized spacial score (nSPS) is 18.7. The van der Waals surface area contributed by atoms with Crippen molar-refractivity contribution in [2.45, 2.75) is 32.6 Å². The SMILES string of the molecule is CCC(=O)N1CCCC(C(=O)Nc2nc(-c3ccc4c(c3)CCO4)cs2)C1. The number of anilines is 1. The van der Waals surface area contributed by atoms with E-state index in [1.807, 2.05) is 24.4 Å². The minimum Gasteiger partial charge on any atom is -0.493 e. The van der Waals surface area contributed by atoms with Gasteiger partial charge in [0.15, 0.2) is 5.13 Å². The lowest BCUT2D eigenvalue weighted by Gasteiger charge is -2.31. The molecule has 0 radical (unpaired) electrons. The van der Waals surface area contributed by atoms with Crippen molar-refractivity contribution in [3.8, 4) is 17.0 Å². The van der Waals surface area contributed by atoms with Crippen LogP contribution in [-0.2, 0) is 16.0 Å². The first-order valence-electron chi connectivity index (χ1n) is 9.44. The Morgan fingerprint density at radius 2 is 2.30 bits per heavy atom. The Morgan fingerprint density at radius 3 is 3.15 bits per heavy atom. The molecule has 1 N–H and O–H groups in total. The summed E-state index contributed by atoms with van der Waals surface area (Å²) in [6, 6.07) is 6.09. The lowest BCUT2D eigenvalue weighted by atomic mass is 9.97. The van der Waals surface area contributed by atoms with Gasteiger partial charge in [-0.25, -0.2) is 4.98 Å². The number of aromatic nitrogens is 1. The Labute approximate surface area is 162 Å². The monoisotopic (exact) mass is 385 g/mol. The van der Waals surface area contributed by atoms with Crippen LogP contribution in [0.4, 0.5) is 5.13 Å². The zero-order valence-electron chi connectivity index (χ0n) is 15.4. The molecule has 0 bridgehead atoms. The molecule has 142 valence electrons. The smallest absolute Gasteiger partial charge is 0.231 e. The number of nitrogens with one attached hydrogen (secondary N) is 1. The van der Waals surface area contributed by atoms with Gasteiger partial charge in [0.2, 0.25) is 11.8 Å². The van der Waals surface area contributed by atoms with E-state index in [0.29, 0.717) is 18.1 Å². The molecular weight excluding hydrogens is 362 g/mol. The van der Waals surface area contributed by atoms with Crippen LogP contribution in [-0.4, -0.2) is 41.4 Å². The standard InChI is InChI=1S/C20H23N3O3S/c1-2-18(24)23-8-3-4-15(11-23)19(25)22-20-21-16(12-27-20)13-5-6-17-14(10-13)7-9-26-17/h5-6,10,12,15H,2-4,7-9,11H2,1H3,(H,21,22,25). The molecule has 3 heterocycles. The van der Waals surface area contributed by atoms with Gasteiger partial charge in [0.25, 0.3) is 0 Å². The number of likely N-dealkylation sites (tertiary alicyclic amines) is 1. The summed E-state index contributed by atoms with van der Waals surface area (Å²) in [6.07, 6.45) is 3.08. The fourth-order valence-corrected chi connectivity index (χ4v) is 4.38. The number of ether oxygens (including phenoxy) is 1. The number of thiazole rings is 1. The fraction of sp³-hybridized carbons (Fsp3) is 0.450. The minimum atomic E-state index is -0.168. The summed E-state index contributed by atoms with van der Waals surface area (Å²) in [4.78, 5) is 30.9. The fourth-order valence-electron chi connectivity index (χ4n) is 3.66. The first-order valence-corrected chi connectivity index (χ1v) is 10.3. The summed E-state index contributed by atoms with van der Waals surface area (Å²) in [5.41, 5.74) is 3.10. The van der Waals surface area contributed by atoms with E-state index in [1.54, 1.807) is 4.90 Å². The first-order chi connectivity index (χ1) is 13.1. The van der Waals surface area contributed by atoms with E-state index in [-0.39, 0.29) is 17.7 Å². The number of carbonyl (C=O) groups is 2. The lowest BCUT2D eigenvalue weighted by Crippen LogP contribution is -2.43. The quantitative estimate of drug-likeness (QED) is 0.876. The van der Waals surface area contributed by atoms with Gasteiger partial charge in [-0.1, -0.05) is 6.92 Å². The zero-order valence-corrected chi connectivity index (χ0v) is 16.2. The third kappa shape index (κ3) is 3.83. The summed E-state index contributed by atoms with van der Waals surface area (Å²) in [5, 5.41) is 5.50. The number of amides is 2. The van der Waals surface area contributed by atoms with Gasteiger partial charge < -0.3 is 15.0 Å². The van der Waals surface area contributed by atoms with E-state index < -0.39 is 0 Å². The van der Waals surface area contributed by atoms with Crippen LogP contribution < -0.4 is 10.1 Å². The number of nitrogens with zero attached hydrogens (tertiary/aromatic N) is 2. The van der Waals surface area contributed by atoms with Crippen molar-refractivity contribution in [2.75, 3.05) is 25.0 Å². The highest BCUT2D eigenvalue weighted by Gasteiger charge is 2.28. The third-order valence-corrected chi connectivity index (χ3v) is 5.92. The third-order valence-electron chi connectivity index (χ3n) is 5.17. The van der Waals surface area contributed by atoms with Crippen LogP contribution in [0.5, 0.6) is 5.75 Å². The summed E-state index contributed by atoms with van der Waals surface area (Å²) >= 11 is 1.43. The molecule has 2 aromatic rings. The molecule has 2 aliphatic heterocycles. The summed E-state index contributed by atoms with van der Waals surface area (Å²) in [5.74, 6) is 0.848. The van der Waals surface area contributed by atoms with E-state index in [4.69, 9.17) is 4.74 Å². The van der Waals surface area contributed by atoms with Crippen LogP contribution in [0.1, 0.15) is 31.7 Å². The zero-order chi connectivity index (χ0) is 18.8. The number of fused-ring (bicyclic) bond motifs is 1. The van der Waals surface area contributed by atoms with Crippen molar-refractivity contribution < 1.29 is 14.3 Å². The van der Waals surface area contributed by atoms with Crippen molar-refractivity contribution in [2.24, 2.45) is 5.92 Å². The number of piperidine rings is 1. The van der Waals surface area contributed by atoms with E-state index in [1.165, 1.54) is 16.9 Å². The molecule has 2 aliphatic rings. The number of hydrogen-bond acceptors (Lipinski definition) is 5. The molecule has 7 heteroatoms. The number of benzene rings is 1. The Kier molecular flexibility index (Phi) is 5.11. The maximum Gasteiger partial charge on any atom is 0.231 e. The molecule has 1 saturated heterocycles. The van der Waals surface area contributed by atoms with E-state index in [2.05, 4.69) is 16.4 Å².